The zero-order valence-corrected chi connectivity index (χ0v) is 8.88. The molecule has 0 unspecified atom stereocenters. The molecule has 2 nitrogen and oxygen atoms in total. The van der Waals surface area contributed by atoms with E-state index >= 15 is 0 Å². The van der Waals surface area contributed by atoms with E-state index in [1.165, 1.54) is 25.7 Å². The molecule has 0 saturated heterocycles. The fourth-order valence-electron chi connectivity index (χ4n) is 1.99. The van der Waals surface area contributed by atoms with Gasteiger partial charge in [0.05, 0.1) is 0 Å². The topological polar surface area (TPSA) is 20.3 Å². The van der Waals surface area contributed by atoms with E-state index in [-0.39, 0.29) is 0 Å². The molecule has 0 aliphatic heterocycles. The van der Waals surface area contributed by atoms with Gasteiger partial charge < -0.3 is 4.90 Å². The van der Waals surface area contributed by atoms with Gasteiger partial charge in [-0.05, 0) is 20.0 Å². The molecule has 0 amide bonds. The number of nitrogens with zero attached hydrogens (tertiary/aromatic N) is 1. The van der Waals surface area contributed by atoms with Gasteiger partial charge in [0.1, 0.15) is 5.78 Å². The first kappa shape index (κ1) is 10.7. The van der Waals surface area contributed by atoms with Crippen molar-refractivity contribution in [1.29, 1.82) is 0 Å². The number of hydrogen-bond acceptors (Lipinski definition) is 2. The highest BCUT2D eigenvalue weighted by molar-refractivity contribution is 5.78. The van der Waals surface area contributed by atoms with E-state index in [0.29, 0.717) is 5.78 Å². The van der Waals surface area contributed by atoms with Gasteiger partial charge in [-0.1, -0.05) is 25.7 Å². The summed E-state index contributed by atoms with van der Waals surface area (Å²) in [5, 5.41) is 0. The molecule has 1 fully saturated rings. The summed E-state index contributed by atoms with van der Waals surface area (Å²) < 4.78 is 0. The molecular formula is C11H21NO. The summed E-state index contributed by atoms with van der Waals surface area (Å²) in [6.07, 6.45) is 6.83. The minimum absolute atomic E-state index is 0.459. The molecule has 76 valence electrons. The Balaban J connectivity index is 2.09. The fourth-order valence-corrected chi connectivity index (χ4v) is 1.99. The minimum atomic E-state index is 0.459. The molecule has 0 radical (unpaired) electrons. The number of ketones is 1. The Hall–Kier alpha value is -0.370. The van der Waals surface area contributed by atoms with Gasteiger partial charge in [-0.15, -0.1) is 0 Å². The van der Waals surface area contributed by atoms with E-state index in [4.69, 9.17) is 0 Å². The predicted octanol–water partition coefficient (Wildman–Crippen LogP) is 2.09. The Morgan fingerprint density at radius 2 is 1.92 bits per heavy atom. The first-order valence-corrected chi connectivity index (χ1v) is 5.35. The lowest BCUT2D eigenvalue weighted by Crippen LogP contribution is -2.17. The second kappa shape index (κ2) is 5.38. The smallest absolute Gasteiger partial charge is 0.134 e. The minimum Gasteiger partial charge on any atom is -0.309 e. The van der Waals surface area contributed by atoms with Gasteiger partial charge in [0.25, 0.3) is 0 Å². The summed E-state index contributed by atoms with van der Waals surface area (Å²) in [5.41, 5.74) is 0. The predicted molar refractivity (Wildman–Crippen MR) is 54.8 cm³/mol. The Labute approximate surface area is 81.3 Å². The molecule has 0 aromatic heterocycles. The molecule has 0 bridgehead atoms. The largest absolute Gasteiger partial charge is 0.309 e. The van der Waals surface area contributed by atoms with Crippen LogP contribution in [0, 0.1) is 5.92 Å². The van der Waals surface area contributed by atoms with Crippen LogP contribution in [0.3, 0.4) is 0 Å². The number of Topliss-reactive ketones (excluding diaryl/α,β-unsaturated/α-hetero) is 1. The summed E-state index contributed by atoms with van der Waals surface area (Å²) in [7, 11) is 4.03. The molecule has 0 aromatic rings. The summed E-state index contributed by atoms with van der Waals surface area (Å²) >= 11 is 0. The lowest BCUT2D eigenvalue weighted by Gasteiger charge is -2.10. The molecule has 0 spiro atoms. The monoisotopic (exact) mass is 183 g/mol. The van der Waals surface area contributed by atoms with Gasteiger partial charge in [0, 0.05) is 19.4 Å². The molecule has 0 aromatic carbocycles. The maximum atomic E-state index is 11.5. The third-order valence-corrected chi connectivity index (χ3v) is 2.83. The molecular weight excluding hydrogens is 162 g/mol. The Morgan fingerprint density at radius 1 is 1.31 bits per heavy atom. The third kappa shape index (κ3) is 4.41. The molecule has 1 aliphatic carbocycles. The Bertz CT molecular complexity index is 159. The SMILES string of the molecule is CN(C)CCC(=O)CC1CCCC1. The van der Waals surface area contributed by atoms with Crippen LogP contribution in [0.15, 0.2) is 0 Å². The fraction of sp³-hybridized carbons (Fsp3) is 0.909. The van der Waals surface area contributed by atoms with E-state index in [1.54, 1.807) is 0 Å². The molecule has 1 aliphatic rings. The van der Waals surface area contributed by atoms with Crippen LogP contribution in [0.2, 0.25) is 0 Å². The highest BCUT2D eigenvalue weighted by Crippen LogP contribution is 2.27. The molecule has 0 N–H and O–H groups in total. The summed E-state index contributed by atoms with van der Waals surface area (Å²) in [5.74, 6) is 1.18. The van der Waals surface area contributed by atoms with Gasteiger partial charge in [0.2, 0.25) is 0 Å². The third-order valence-electron chi connectivity index (χ3n) is 2.83. The van der Waals surface area contributed by atoms with Crippen LogP contribution in [-0.4, -0.2) is 31.3 Å². The summed E-state index contributed by atoms with van der Waals surface area (Å²) in [6, 6.07) is 0. The second-order valence-electron chi connectivity index (χ2n) is 4.45. The van der Waals surface area contributed by atoms with Crippen molar-refractivity contribution in [3.8, 4) is 0 Å². The van der Waals surface area contributed by atoms with Crippen LogP contribution in [0.5, 0.6) is 0 Å². The van der Waals surface area contributed by atoms with Crippen molar-refractivity contribution in [2.75, 3.05) is 20.6 Å². The standard InChI is InChI=1S/C11H21NO/c1-12(2)8-7-11(13)9-10-5-3-4-6-10/h10H,3-9H2,1-2H3. The zero-order valence-electron chi connectivity index (χ0n) is 8.88. The van der Waals surface area contributed by atoms with Crippen molar-refractivity contribution in [3.05, 3.63) is 0 Å². The van der Waals surface area contributed by atoms with Crippen LogP contribution in [0.25, 0.3) is 0 Å². The molecule has 0 heterocycles. The zero-order chi connectivity index (χ0) is 9.68. The first-order chi connectivity index (χ1) is 6.18. The van der Waals surface area contributed by atoms with E-state index in [9.17, 15) is 4.79 Å². The van der Waals surface area contributed by atoms with Crippen molar-refractivity contribution in [3.63, 3.8) is 0 Å². The van der Waals surface area contributed by atoms with E-state index < -0.39 is 0 Å². The quantitative estimate of drug-likeness (QED) is 0.650. The van der Waals surface area contributed by atoms with Crippen molar-refractivity contribution < 1.29 is 4.79 Å². The average molecular weight is 183 g/mol. The maximum absolute atomic E-state index is 11.5. The van der Waals surface area contributed by atoms with Gasteiger partial charge in [-0.2, -0.15) is 0 Å². The molecule has 1 rings (SSSR count). The summed E-state index contributed by atoms with van der Waals surface area (Å²) in [6.45, 7) is 0.908. The Kier molecular flexibility index (Phi) is 4.43. The van der Waals surface area contributed by atoms with Crippen molar-refractivity contribution >= 4 is 5.78 Å². The van der Waals surface area contributed by atoms with Crippen LogP contribution in [0.1, 0.15) is 38.5 Å². The first-order valence-electron chi connectivity index (χ1n) is 5.35. The highest BCUT2D eigenvalue weighted by Gasteiger charge is 2.17. The van der Waals surface area contributed by atoms with Crippen molar-refractivity contribution in [2.24, 2.45) is 5.92 Å². The number of rotatable bonds is 5. The maximum Gasteiger partial charge on any atom is 0.134 e. The van der Waals surface area contributed by atoms with Crippen molar-refractivity contribution in [2.45, 2.75) is 38.5 Å². The lowest BCUT2D eigenvalue weighted by atomic mass is 10.00. The molecule has 13 heavy (non-hydrogen) atoms. The lowest BCUT2D eigenvalue weighted by molar-refractivity contribution is -0.120. The average Bonchev–Trinajstić information content (AvgIpc) is 2.53. The molecule has 2 heteroatoms. The molecule has 1 saturated carbocycles. The highest BCUT2D eigenvalue weighted by atomic mass is 16.1. The van der Waals surface area contributed by atoms with Gasteiger partial charge in [-0.25, -0.2) is 0 Å². The van der Waals surface area contributed by atoms with Gasteiger partial charge in [0.15, 0.2) is 0 Å². The van der Waals surface area contributed by atoms with Crippen LogP contribution in [-0.2, 0) is 4.79 Å². The van der Waals surface area contributed by atoms with Gasteiger partial charge in [-0.3, -0.25) is 4.79 Å². The van der Waals surface area contributed by atoms with Gasteiger partial charge >= 0.3 is 0 Å². The number of hydrogen-bond donors (Lipinski definition) is 0. The van der Waals surface area contributed by atoms with Crippen LogP contribution >= 0.6 is 0 Å². The van der Waals surface area contributed by atoms with Crippen molar-refractivity contribution in [1.82, 2.24) is 4.90 Å². The van der Waals surface area contributed by atoms with Crippen LogP contribution < -0.4 is 0 Å². The molecule has 0 atom stereocenters. The van der Waals surface area contributed by atoms with E-state index in [2.05, 4.69) is 4.90 Å². The number of carbonyl (C=O) groups is 1. The summed E-state index contributed by atoms with van der Waals surface area (Å²) in [4.78, 5) is 13.6. The van der Waals surface area contributed by atoms with Crippen LogP contribution in [0.4, 0.5) is 0 Å². The second-order valence-corrected chi connectivity index (χ2v) is 4.45. The Morgan fingerprint density at radius 3 is 2.46 bits per heavy atom. The normalized spacial score (nSPS) is 18.4. The van der Waals surface area contributed by atoms with E-state index in [1.807, 2.05) is 14.1 Å². The number of carbonyl (C=O) groups excluding carboxylic acids is 1. The van der Waals surface area contributed by atoms with E-state index in [0.717, 1.165) is 25.3 Å².